The van der Waals surface area contributed by atoms with Crippen LogP contribution in [0.5, 0.6) is 0 Å². The molecule has 13 nitrogen and oxygen atoms in total. The first-order chi connectivity index (χ1) is 16.9. The van der Waals surface area contributed by atoms with E-state index >= 15 is 0 Å². The van der Waals surface area contributed by atoms with E-state index in [1.54, 1.807) is 16.9 Å². The number of nitrogen functional groups attached to an aromatic ring is 1. The van der Waals surface area contributed by atoms with Gasteiger partial charge in [-0.15, -0.1) is 28.2 Å². The van der Waals surface area contributed by atoms with E-state index in [0.29, 0.717) is 17.1 Å². The van der Waals surface area contributed by atoms with Gasteiger partial charge in [-0.1, -0.05) is 28.3 Å². The molecule has 0 bridgehead atoms. The average Bonchev–Trinajstić information content (AvgIpc) is 3.55. The van der Waals surface area contributed by atoms with Crippen molar-refractivity contribution in [2.45, 2.75) is 15.8 Å². The summed E-state index contributed by atoms with van der Waals surface area (Å²) < 4.78 is 2.36. The molecule has 2 aliphatic rings. The van der Waals surface area contributed by atoms with Gasteiger partial charge in [-0.05, 0) is 5.57 Å². The first kappa shape index (κ1) is 26.9. The maximum Gasteiger partial charge on any atom is 1.00 e. The van der Waals surface area contributed by atoms with Crippen molar-refractivity contribution in [3.05, 3.63) is 34.7 Å². The van der Waals surface area contributed by atoms with Gasteiger partial charge in [0.1, 0.15) is 24.2 Å². The summed E-state index contributed by atoms with van der Waals surface area (Å²) in [5.41, 5.74) is 6.07. The van der Waals surface area contributed by atoms with E-state index in [1.165, 1.54) is 47.4 Å². The van der Waals surface area contributed by atoms with Crippen molar-refractivity contribution in [3.63, 3.8) is 0 Å². The number of amides is 2. The van der Waals surface area contributed by atoms with Gasteiger partial charge in [0.25, 0.3) is 11.8 Å². The Morgan fingerprint density at radius 3 is 2.92 bits per heavy atom. The number of anilines is 1. The van der Waals surface area contributed by atoms with E-state index in [0.717, 1.165) is 25.5 Å². The number of oxime groups is 1. The molecule has 5 heterocycles. The predicted molar refractivity (Wildman–Crippen MR) is 129 cm³/mol. The minimum absolute atomic E-state index is 0. The van der Waals surface area contributed by atoms with Crippen LogP contribution in [0.1, 0.15) is 5.69 Å². The second-order valence-electron chi connectivity index (χ2n) is 7.11. The molecule has 0 radical (unpaired) electrons. The molecule has 1 fully saturated rings. The number of thiazole rings is 1. The maximum absolute atomic E-state index is 12.9. The van der Waals surface area contributed by atoms with Gasteiger partial charge >= 0.3 is 29.6 Å². The molecule has 2 atom stereocenters. The quantitative estimate of drug-likeness (QED) is 0.0891. The molecule has 0 unspecified atom stereocenters. The zero-order valence-corrected chi connectivity index (χ0v) is 24.0. The largest absolute Gasteiger partial charge is 1.00 e. The fourth-order valence-electron chi connectivity index (χ4n) is 3.51. The molecule has 0 saturated carbocycles. The molecule has 0 spiro atoms. The number of aliphatic carboxylic acids is 1. The number of nitrogens with zero attached hydrogens (tertiary/aromatic N) is 6. The van der Waals surface area contributed by atoms with Gasteiger partial charge in [0.2, 0.25) is 4.96 Å². The van der Waals surface area contributed by atoms with Crippen LogP contribution >= 0.6 is 46.2 Å². The number of imidazole rings is 1. The molecule has 3 aromatic rings. The van der Waals surface area contributed by atoms with Crippen LogP contribution in [-0.2, 0) is 19.2 Å². The average molecular weight is 575 g/mol. The molecule has 2 amide bonds. The number of nitrogens with one attached hydrogen (secondary N) is 1. The van der Waals surface area contributed by atoms with Crippen LogP contribution in [0.2, 0.25) is 0 Å². The Morgan fingerprint density at radius 2 is 2.25 bits per heavy atom. The van der Waals surface area contributed by atoms with Crippen molar-refractivity contribution < 1.29 is 53.9 Å². The monoisotopic (exact) mass is 574 g/mol. The Bertz CT molecular complexity index is 1370. The zero-order chi connectivity index (χ0) is 24.7. The number of rotatable bonds is 8. The van der Waals surface area contributed by atoms with E-state index in [1.807, 2.05) is 0 Å². The number of carbonyl (C=O) groups is 3. The van der Waals surface area contributed by atoms with E-state index in [2.05, 4.69) is 25.5 Å². The van der Waals surface area contributed by atoms with Crippen LogP contribution in [0.25, 0.3) is 4.96 Å². The van der Waals surface area contributed by atoms with Crippen molar-refractivity contribution in [2.24, 2.45) is 5.16 Å². The van der Waals surface area contributed by atoms with Gasteiger partial charge < -0.3 is 25.8 Å². The second kappa shape index (κ2) is 11.1. The van der Waals surface area contributed by atoms with Gasteiger partial charge in [-0.3, -0.25) is 14.5 Å². The molecule has 1 saturated heterocycles. The maximum atomic E-state index is 12.9. The third kappa shape index (κ3) is 5.00. The molecule has 36 heavy (non-hydrogen) atoms. The zero-order valence-electron chi connectivity index (χ0n) is 18.7. The SMILES string of the molecule is CO/N=C(\C(=O)N[C@@H]1C(=O)N2C(C(=O)[O-])=C(CSc3nn4ccnc4s3)CS[C@H]12)c1csc(N)n1.[Na+]. The number of aromatic nitrogens is 4. The van der Waals surface area contributed by atoms with Crippen LogP contribution in [-0.4, -0.2) is 78.0 Å². The summed E-state index contributed by atoms with van der Waals surface area (Å²) in [6, 6.07) is -0.944. The molecule has 5 rings (SSSR count). The Labute approximate surface area is 241 Å². The predicted octanol–water partition coefficient (Wildman–Crippen LogP) is -3.62. The fourth-order valence-corrected chi connectivity index (χ4v) is 7.45. The topological polar surface area (TPSA) is 180 Å². The van der Waals surface area contributed by atoms with E-state index in [-0.39, 0.29) is 51.8 Å². The van der Waals surface area contributed by atoms with Crippen molar-refractivity contribution in [3.8, 4) is 0 Å². The van der Waals surface area contributed by atoms with Crippen molar-refractivity contribution in [1.82, 2.24) is 29.8 Å². The fraction of sp³-hybridized carbons (Fsp3) is 0.278. The Kier molecular flexibility index (Phi) is 8.28. The Hall–Kier alpha value is -2.15. The number of fused-ring (bicyclic) bond motifs is 2. The molecule has 0 aromatic carbocycles. The van der Waals surface area contributed by atoms with Gasteiger partial charge in [0.05, 0.1) is 17.9 Å². The van der Waals surface area contributed by atoms with E-state index < -0.39 is 29.2 Å². The summed E-state index contributed by atoms with van der Waals surface area (Å²) in [5.74, 6) is -2.03. The molecule has 2 aliphatic heterocycles. The van der Waals surface area contributed by atoms with Gasteiger partial charge in [0, 0.05) is 23.1 Å². The Balaban J connectivity index is 0.00000304. The second-order valence-corrected chi connectivity index (χ2v) is 11.3. The Morgan fingerprint density at radius 1 is 1.44 bits per heavy atom. The number of hydrogen-bond acceptors (Lipinski definition) is 14. The number of carbonyl (C=O) groups excluding carboxylic acids is 3. The molecule has 3 aromatic heterocycles. The summed E-state index contributed by atoms with van der Waals surface area (Å²) in [6.07, 6.45) is 3.37. The number of thioether (sulfide) groups is 2. The molecular formula is C18H15N8NaO5S4. The molecule has 3 N–H and O–H groups in total. The van der Waals surface area contributed by atoms with E-state index in [4.69, 9.17) is 10.6 Å². The summed E-state index contributed by atoms with van der Waals surface area (Å²) in [5, 5.41) is 23.8. The minimum atomic E-state index is -1.45. The number of hydrogen-bond donors (Lipinski definition) is 2. The van der Waals surface area contributed by atoms with Gasteiger partial charge in [-0.2, -0.15) is 0 Å². The normalized spacial score (nSPS) is 19.5. The third-order valence-corrected chi connectivity index (χ3v) is 9.19. The number of carboxylic acids is 1. The first-order valence-electron chi connectivity index (χ1n) is 9.81. The molecular weight excluding hydrogens is 560 g/mol. The summed E-state index contributed by atoms with van der Waals surface area (Å²) in [4.78, 5) is 52.5. The third-order valence-electron chi connectivity index (χ3n) is 5.02. The molecule has 182 valence electrons. The smallest absolute Gasteiger partial charge is 0.543 e. The van der Waals surface area contributed by atoms with Crippen LogP contribution in [0.3, 0.4) is 0 Å². The summed E-state index contributed by atoms with van der Waals surface area (Å²) in [7, 11) is 1.27. The van der Waals surface area contributed by atoms with Crippen molar-refractivity contribution >= 4 is 79.8 Å². The summed E-state index contributed by atoms with van der Waals surface area (Å²) in [6.45, 7) is 0. The van der Waals surface area contributed by atoms with Crippen LogP contribution in [0.4, 0.5) is 5.13 Å². The van der Waals surface area contributed by atoms with Gasteiger partial charge in [0.15, 0.2) is 15.2 Å². The minimum Gasteiger partial charge on any atom is -0.543 e. The summed E-state index contributed by atoms with van der Waals surface area (Å²) >= 11 is 5.21. The number of carboxylic acid groups (broad SMARTS) is 1. The molecule has 0 aliphatic carbocycles. The van der Waals surface area contributed by atoms with Crippen molar-refractivity contribution in [2.75, 3.05) is 24.3 Å². The molecule has 18 heteroatoms. The van der Waals surface area contributed by atoms with Crippen LogP contribution in [0.15, 0.2) is 38.5 Å². The number of nitrogens with two attached hydrogens (primary N) is 1. The van der Waals surface area contributed by atoms with Crippen LogP contribution < -0.4 is 45.7 Å². The standard InChI is InChI=1S/C18H16N8O5S4.Na/c1-31-24-9(8-6-33-16(19)21-8)12(27)22-10-13(28)26-11(15(29)30)7(4-32-14(10)26)5-34-18-23-25-3-2-20-17(25)35-18;/h2-3,6,10,14H,4-5H2,1H3,(H2,19,21)(H,22,27)(H,29,30);/q;+1/p-1/b24-9-;/t10-,14-;/m1./s1. The first-order valence-corrected chi connectivity index (χ1v) is 13.5. The van der Waals surface area contributed by atoms with Crippen LogP contribution in [0, 0.1) is 0 Å². The number of β-lactam (4-membered cyclic amide) rings is 1. The van der Waals surface area contributed by atoms with Crippen molar-refractivity contribution in [1.29, 1.82) is 0 Å². The van der Waals surface area contributed by atoms with E-state index in [9.17, 15) is 19.5 Å². The van der Waals surface area contributed by atoms with Gasteiger partial charge in [-0.25, -0.2) is 14.5 Å².